The van der Waals surface area contributed by atoms with Crippen LogP contribution in [0.2, 0.25) is 0 Å². The summed E-state index contributed by atoms with van der Waals surface area (Å²) in [4.78, 5) is 32.3. The molecule has 1 aromatic heterocycles. The van der Waals surface area contributed by atoms with Crippen LogP contribution in [0.1, 0.15) is 6.92 Å². The summed E-state index contributed by atoms with van der Waals surface area (Å²) in [6, 6.07) is 4.77. The fraction of sp³-hybridized carbons (Fsp3) is 0.250. The highest BCUT2D eigenvalue weighted by molar-refractivity contribution is 5.87. The molecule has 0 N–H and O–H groups in total. The molecule has 0 bridgehead atoms. The lowest BCUT2D eigenvalue weighted by atomic mass is 10.2. The van der Waals surface area contributed by atoms with Gasteiger partial charge in [-0.3, -0.25) is 9.59 Å². The second-order valence-electron chi connectivity index (χ2n) is 3.62. The Morgan fingerprint density at radius 1 is 1.32 bits per heavy atom. The highest BCUT2D eigenvalue weighted by Crippen LogP contribution is 2.22. The maximum Gasteiger partial charge on any atom is 0.334 e. The quantitative estimate of drug-likeness (QED) is 0.589. The first-order valence-corrected chi connectivity index (χ1v) is 5.41. The van der Waals surface area contributed by atoms with Crippen molar-refractivity contribution in [3.8, 4) is 11.8 Å². The molecule has 0 saturated heterocycles. The van der Waals surface area contributed by atoms with Crippen LogP contribution in [0.4, 0.5) is 0 Å². The Hall–Kier alpha value is -2.57. The van der Waals surface area contributed by atoms with Gasteiger partial charge in [0.05, 0.1) is 12.6 Å². The van der Waals surface area contributed by atoms with E-state index in [-0.39, 0.29) is 17.1 Å². The van der Waals surface area contributed by atoms with Crippen LogP contribution in [0.15, 0.2) is 23.0 Å². The van der Waals surface area contributed by atoms with Crippen molar-refractivity contribution >= 4 is 16.9 Å². The van der Waals surface area contributed by atoms with E-state index < -0.39 is 11.5 Å². The fourth-order valence-electron chi connectivity index (χ4n) is 1.69. The smallest absolute Gasteiger partial charge is 0.334 e. The second-order valence-corrected chi connectivity index (χ2v) is 3.62. The van der Waals surface area contributed by atoms with Gasteiger partial charge >= 0.3 is 17.5 Å². The van der Waals surface area contributed by atoms with Gasteiger partial charge in [0.2, 0.25) is 0 Å². The summed E-state index contributed by atoms with van der Waals surface area (Å²) in [6.45, 7) is 1.25. The lowest BCUT2D eigenvalue weighted by molar-refractivity contribution is -0.131. The molecule has 0 unspecified atom stereocenters. The summed E-state index contributed by atoms with van der Waals surface area (Å²) < 4.78 is 10.8. The van der Waals surface area contributed by atoms with E-state index in [4.69, 9.17) is 14.3 Å². The molecule has 0 aliphatic carbocycles. The zero-order valence-electron chi connectivity index (χ0n) is 10.7. The number of aromatic nitrogens is 2. The number of rotatable bonds is 3. The van der Waals surface area contributed by atoms with Gasteiger partial charge in [-0.05, 0) is 12.1 Å². The van der Waals surface area contributed by atoms with Crippen molar-refractivity contribution in [2.24, 2.45) is 0 Å². The number of methoxy groups -OCH3 is 1. The summed E-state index contributed by atoms with van der Waals surface area (Å²) in [5, 5.41) is 0.153. The van der Waals surface area contributed by atoms with E-state index in [9.17, 15) is 9.59 Å². The van der Waals surface area contributed by atoms with E-state index in [0.29, 0.717) is 5.52 Å². The number of nitrogens with zero attached hydrogens (tertiary/aromatic N) is 2. The number of ether oxygens (including phenoxy) is 2. The number of hydrogen-bond acceptors (Lipinski definition) is 6. The van der Waals surface area contributed by atoms with Crippen molar-refractivity contribution in [1.29, 1.82) is 0 Å². The monoisotopic (exact) mass is 264 g/mol. The molecule has 0 fully saturated rings. The summed E-state index contributed by atoms with van der Waals surface area (Å²) in [6.07, 6.45) is 0. The molecule has 100 valence electrons. The average Bonchev–Trinajstić information content (AvgIpc) is 2.37. The third kappa shape index (κ3) is 2.22. The van der Waals surface area contributed by atoms with Gasteiger partial charge in [0, 0.05) is 6.92 Å². The van der Waals surface area contributed by atoms with Crippen LogP contribution in [0.25, 0.3) is 10.9 Å². The number of carbonyl (C=O) groups excluding carboxylic acids is 1. The molecule has 0 aliphatic rings. The molecule has 0 saturated carbocycles. The Kier molecular flexibility index (Phi) is 3.37. The first-order valence-electron chi connectivity index (χ1n) is 5.41. The fourth-order valence-corrected chi connectivity index (χ4v) is 1.69. The molecule has 0 amide bonds. The van der Waals surface area contributed by atoms with Gasteiger partial charge in [-0.15, -0.1) is 0 Å². The highest BCUT2D eigenvalue weighted by Gasteiger charge is 2.16. The van der Waals surface area contributed by atoms with Crippen molar-refractivity contribution in [3.63, 3.8) is 0 Å². The summed E-state index contributed by atoms with van der Waals surface area (Å²) in [5.74, 6) is -0.386. The van der Waals surface area contributed by atoms with Crippen molar-refractivity contribution in [2.75, 3.05) is 14.2 Å². The lowest BCUT2D eigenvalue weighted by Gasteiger charge is -2.11. The lowest BCUT2D eigenvalue weighted by Crippen LogP contribution is -2.27. The molecule has 2 rings (SSSR count). The largest absolute Gasteiger partial charge is 0.466 e. The van der Waals surface area contributed by atoms with Crippen LogP contribution < -0.4 is 19.9 Å². The number of benzene rings is 1. The molecule has 2 aromatic rings. The normalized spacial score (nSPS) is 10.3. The summed E-state index contributed by atoms with van der Waals surface area (Å²) in [5.41, 5.74) is -0.157. The van der Waals surface area contributed by atoms with Crippen LogP contribution in [0.5, 0.6) is 11.8 Å². The maximum absolute atomic E-state index is 12.3. The third-order valence-corrected chi connectivity index (χ3v) is 2.41. The molecule has 0 radical (unpaired) electrons. The minimum absolute atomic E-state index is 0.0139. The Balaban J connectivity index is 2.82. The van der Waals surface area contributed by atoms with Crippen LogP contribution >= 0.6 is 0 Å². The molecule has 0 aliphatic heterocycles. The van der Waals surface area contributed by atoms with Gasteiger partial charge in [-0.1, -0.05) is 10.8 Å². The van der Waals surface area contributed by atoms with E-state index in [1.165, 1.54) is 27.2 Å². The van der Waals surface area contributed by atoms with E-state index in [0.717, 1.165) is 4.73 Å². The zero-order valence-corrected chi connectivity index (χ0v) is 10.7. The van der Waals surface area contributed by atoms with Gasteiger partial charge in [0.25, 0.3) is 0 Å². The van der Waals surface area contributed by atoms with Gasteiger partial charge in [0.1, 0.15) is 18.2 Å². The molecule has 19 heavy (non-hydrogen) atoms. The van der Waals surface area contributed by atoms with Crippen LogP contribution in [0.3, 0.4) is 0 Å². The van der Waals surface area contributed by atoms with Gasteiger partial charge in [-0.25, -0.2) is 0 Å². The Bertz CT molecular complexity index is 692. The van der Waals surface area contributed by atoms with Crippen molar-refractivity contribution < 1.29 is 19.1 Å². The minimum atomic E-state index is -0.522. The SMILES string of the molecule is COc1nc2cccc(OC(C)=O)c2c(=O)n1OC. The van der Waals surface area contributed by atoms with E-state index in [1.54, 1.807) is 12.1 Å². The van der Waals surface area contributed by atoms with E-state index in [1.807, 2.05) is 0 Å². The molecular formula is C12H12N2O5. The molecule has 0 spiro atoms. The highest BCUT2D eigenvalue weighted by atomic mass is 16.7. The number of carbonyl (C=O) groups is 1. The van der Waals surface area contributed by atoms with Crippen LogP contribution in [0, 0.1) is 0 Å². The molecule has 7 nitrogen and oxygen atoms in total. The Morgan fingerprint density at radius 3 is 2.63 bits per heavy atom. The maximum atomic E-state index is 12.3. The second kappa shape index (κ2) is 4.97. The molecular weight excluding hydrogens is 252 g/mol. The minimum Gasteiger partial charge on any atom is -0.466 e. The number of hydrogen-bond donors (Lipinski definition) is 0. The summed E-state index contributed by atoms with van der Waals surface area (Å²) in [7, 11) is 2.69. The first kappa shape index (κ1) is 12.9. The standard InChI is InChI=1S/C12H12N2O5/c1-7(15)19-9-6-4-5-8-10(9)11(16)14(18-3)12(13-8)17-2/h4-6H,1-3H3. The predicted octanol–water partition coefficient (Wildman–Crippen LogP) is 0.389. The molecule has 0 atom stereocenters. The summed E-state index contributed by atoms with van der Waals surface area (Å²) >= 11 is 0. The first-order chi connectivity index (χ1) is 9.08. The Morgan fingerprint density at radius 2 is 2.05 bits per heavy atom. The molecule has 1 aromatic carbocycles. The van der Waals surface area contributed by atoms with Crippen molar-refractivity contribution in [3.05, 3.63) is 28.6 Å². The van der Waals surface area contributed by atoms with Gasteiger partial charge in [0.15, 0.2) is 0 Å². The molecule has 1 heterocycles. The van der Waals surface area contributed by atoms with Crippen LogP contribution in [-0.4, -0.2) is 29.9 Å². The van der Waals surface area contributed by atoms with Gasteiger partial charge in [-0.2, -0.15) is 4.98 Å². The van der Waals surface area contributed by atoms with Crippen molar-refractivity contribution in [2.45, 2.75) is 6.92 Å². The Labute approximate surface area is 108 Å². The number of esters is 1. The topological polar surface area (TPSA) is 79.7 Å². The van der Waals surface area contributed by atoms with E-state index >= 15 is 0 Å². The van der Waals surface area contributed by atoms with E-state index in [2.05, 4.69) is 4.98 Å². The molecule has 7 heteroatoms. The van der Waals surface area contributed by atoms with Gasteiger partial charge < -0.3 is 14.3 Å². The number of fused-ring (bicyclic) bond motifs is 1. The predicted molar refractivity (Wildman–Crippen MR) is 66.4 cm³/mol. The third-order valence-electron chi connectivity index (χ3n) is 2.41. The van der Waals surface area contributed by atoms with Crippen molar-refractivity contribution in [1.82, 2.24) is 9.71 Å². The van der Waals surface area contributed by atoms with Crippen LogP contribution in [-0.2, 0) is 4.79 Å². The zero-order chi connectivity index (χ0) is 14.0. The average molecular weight is 264 g/mol.